The van der Waals surface area contributed by atoms with Gasteiger partial charge in [0.05, 0.1) is 0 Å². The number of hydrogen-bond acceptors (Lipinski definition) is 1. The van der Waals surface area contributed by atoms with Crippen molar-refractivity contribution in [1.82, 2.24) is 5.32 Å². The lowest BCUT2D eigenvalue weighted by Gasteiger charge is -2.65. The molecule has 0 heterocycles. The van der Waals surface area contributed by atoms with E-state index in [1.807, 2.05) is 13.8 Å². The second kappa shape index (κ2) is 3.52. The molecular formula is C16H27NO. The Bertz CT molecular complexity index is 369. The van der Waals surface area contributed by atoms with Gasteiger partial charge in [0.2, 0.25) is 5.91 Å². The molecule has 2 nitrogen and oxygen atoms in total. The summed E-state index contributed by atoms with van der Waals surface area (Å²) in [6.45, 7) is 8.90. The van der Waals surface area contributed by atoms with Crippen LogP contribution in [-0.4, -0.2) is 11.4 Å². The van der Waals surface area contributed by atoms with Gasteiger partial charge in [-0.3, -0.25) is 4.79 Å². The predicted octanol–water partition coefficient (Wildman–Crippen LogP) is 3.51. The van der Waals surface area contributed by atoms with E-state index in [0.717, 1.165) is 5.92 Å². The maximum absolute atomic E-state index is 12.1. The van der Waals surface area contributed by atoms with E-state index >= 15 is 0 Å². The zero-order valence-electron chi connectivity index (χ0n) is 12.3. The summed E-state index contributed by atoms with van der Waals surface area (Å²) < 4.78 is 0. The van der Waals surface area contributed by atoms with E-state index in [-0.39, 0.29) is 17.4 Å². The van der Waals surface area contributed by atoms with Crippen LogP contribution >= 0.6 is 0 Å². The highest BCUT2D eigenvalue weighted by atomic mass is 16.2. The van der Waals surface area contributed by atoms with Crippen LogP contribution in [0.4, 0.5) is 0 Å². The second-order valence-electron chi connectivity index (χ2n) is 8.55. The van der Waals surface area contributed by atoms with Crippen molar-refractivity contribution < 1.29 is 4.79 Å². The van der Waals surface area contributed by atoms with Crippen molar-refractivity contribution in [2.24, 2.45) is 22.7 Å². The topological polar surface area (TPSA) is 29.1 Å². The van der Waals surface area contributed by atoms with Crippen LogP contribution in [0.15, 0.2) is 0 Å². The summed E-state index contributed by atoms with van der Waals surface area (Å²) in [5.74, 6) is 1.21. The van der Waals surface area contributed by atoms with Gasteiger partial charge in [-0.2, -0.15) is 0 Å². The zero-order chi connectivity index (χ0) is 13.2. The highest BCUT2D eigenvalue weighted by Gasteiger charge is 2.60. The summed E-state index contributed by atoms with van der Waals surface area (Å²) in [5.41, 5.74) is 1.10. The van der Waals surface area contributed by atoms with Crippen LogP contribution in [0.25, 0.3) is 0 Å². The molecule has 102 valence electrons. The summed E-state index contributed by atoms with van der Waals surface area (Å²) in [5, 5.41) is 3.44. The van der Waals surface area contributed by atoms with Crippen LogP contribution < -0.4 is 5.32 Å². The number of carbonyl (C=O) groups excluding carboxylic acids is 1. The van der Waals surface area contributed by atoms with Crippen LogP contribution in [0.3, 0.4) is 0 Å². The average Bonchev–Trinajstić information content (AvgIpc) is 2.09. The van der Waals surface area contributed by atoms with Crippen LogP contribution in [0.5, 0.6) is 0 Å². The number of hydrogen-bond donors (Lipinski definition) is 1. The molecule has 18 heavy (non-hydrogen) atoms. The molecule has 4 rings (SSSR count). The van der Waals surface area contributed by atoms with Gasteiger partial charge in [-0.05, 0) is 55.3 Å². The van der Waals surface area contributed by atoms with Crippen molar-refractivity contribution in [3.05, 3.63) is 0 Å². The molecule has 0 radical (unpaired) electrons. The maximum atomic E-state index is 12.1. The Kier molecular flexibility index (Phi) is 2.44. The molecule has 2 unspecified atom stereocenters. The third-order valence-electron chi connectivity index (χ3n) is 5.54. The minimum atomic E-state index is 0.110. The fraction of sp³-hybridized carbons (Fsp3) is 0.938. The summed E-state index contributed by atoms with van der Waals surface area (Å²) in [4.78, 5) is 12.1. The Hall–Kier alpha value is -0.530. The van der Waals surface area contributed by atoms with E-state index in [0.29, 0.717) is 10.8 Å². The van der Waals surface area contributed by atoms with Gasteiger partial charge in [-0.15, -0.1) is 0 Å². The van der Waals surface area contributed by atoms with Crippen molar-refractivity contribution in [3.63, 3.8) is 0 Å². The Balaban J connectivity index is 1.87. The highest BCUT2D eigenvalue weighted by Crippen LogP contribution is 2.66. The lowest BCUT2D eigenvalue weighted by molar-refractivity contribution is -0.141. The van der Waals surface area contributed by atoms with Gasteiger partial charge in [0.1, 0.15) is 0 Å². The number of rotatable bonds is 2. The molecule has 0 saturated heterocycles. The lowest BCUT2D eigenvalue weighted by atomic mass is 9.43. The molecule has 0 aromatic carbocycles. The third-order valence-corrected chi connectivity index (χ3v) is 5.54. The molecule has 4 bridgehead atoms. The maximum Gasteiger partial charge on any atom is 0.222 e. The molecular weight excluding hydrogens is 222 g/mol. The number of carbonyl (C=O) groups is 1. The first kappa shape index (κ1) is 12.5. The molecule has 1 N–H and O–H groups in total. The van der Waals surface area contributed by atoms with E-state index in [4.69, 9.17) is 0 Å². The number of amides is 1. The molecule has 4 aliphatic rings. The highest BCUT2D eigenvalue weighted by molar-refractivity contribution is 5.78. The van der Waals surface area contributed by atoms with Gasteiger partial charge in [0, 0.05) is 11.5 Å². The second-order valence-corrected chi connectivity index (χ2v) is 8.55. The molecule has 4 aliphatic carbocycles. The molecule has 2 atom stereocenters. The van der Waals surface area contributed by atoms with E-state index in [1.54, 1.807) is 0 Å². The van der Waals surface area contributed by atoms with Crippen LogP contribution in [0.2, 0.25) is 0 Å². The fourth-order valence-electron chi connectivity index (χ4n) is 5.99. The Morgan fingerprint density at radius 2 is 1.61 bits per heavy atom. The molecule has 0 aromatic heterocycles. The van der Waals surface area contributed by atoms with E-state index in [2.05, 4.69) is 19.2 Å². The summed E-state index contributed by atoms with van der Waals surface area (Å²) in [6.07, 6.45) is 7.81. The van der Waals surface area contributed by atoms with Gasteiger partial charge in [-0.1, -0.05) is 27.7 Å². The largest absolute Gasteiger partial charge is 0.350 e. The van der Waals surface area contributed by atoms with Crippen molar-refractivity contribution in [3.8, 4) is 0 Å². The normalized spacial score (nSPS) is 49.7. The van der Waals surface area contributed by atoms with Gasteiger partial charge < -0.3 is 5.32 Å². The van der Waals surface area contributed by atoms with E-state index in [1.165, 1.54) is 38.5 Å². The summed E-state index contributed by atoms with van der Waals surface area (Å²) >= 11 is 0. The van der Waals surface area contributed by atoms with Gasteiger partial charge in [-0.25, -0.2) is 0 Å². The molecule has 0 aliphatic heterocycles. The van der Waals surface area contributed by atoms with Crippen LogP contribution in [0, 0.1) is 22.7 Å². The molecule has 4 saturated carbocycles. The third kappa shape index (κ3) is 1.88. The average molecular weight is 249 g/mol. The lowest BCUT2D eigenvalue weighted by Crippen LogP contribution is -2.65. The minimum Gasteiger partial charge on any atom is -0.350 e. The minimum absolute atomic E-state index is 0.110. The standard InChI is InChI=1S/C16H27NO/c1-11(2)13(18)17-16-7-12-5-14(3,9-16)8-15(4,6-12)10-16/h11-12H,5-10H2,1-4H3,(H,17,18). The molecule has 2 heteroatoms. The first-order valence-electron chi connectivity index (χ1n) is 7.55. The van der Waals surface area contributed by atoms with Crippen molar-refractivity contribution >= 4 is 5.91 Å². The first-order valence-corrected chi connectivity index (χ1v) is 7.55. The van der Waals surface area contributed by atoms with E-state index in [9.17, 15) is 4.79 Å². The van der Waals surface area contributed by atoms with Crippen LogP contribution in [-0.2, 0) is 4.79 Å². The quantitative estimate of drug-likeness (QED) is 0.797. The van der Waals surface area contributed by atoms with Crippen LogP contribution in [0.1, 0.15) is 66.2 Å². The summed E-state index contributed by atoms with van der Waals surface area (Å²) in [7, 11) is 0. The monoisotopic (exact) mass is 249 g/mol. The number of nitrogens with one attached hydrogen (secondary N) is 1. The predicted molar refractivity (Wildman–Crippen MR) is 73.1 cm³/mol. The van der Waals surface area contributed by atoms with Crippen molar-refractivity contribution in [2.75, 3.05) is 0 Å². The smallest absolute Gasteiger partial charge is 0.222 e. The van der Waals surface area contributed by atoms with Gasteiger partial charge >= 0.3 is 0 Å². The SMILES string of the molecule is CC(C)C(=O)NC12CC3CC(C)(CC(C)(C3)C1)C2. The molecule has 4 fully saturated rings. The Morgan fingerprint density at radius 1 is 1.06 bits per heavy atom. The van der Waals surface area contributed by atoms with Gasteiger partial charge in [0.15, 0.2) is 0 Å². The van der Waals surface area contributed by atoms with Gasteiger partial charge in [0.25, 0.3) is 0 Å². The van der Waals surface area contributed by atoms with Crippen molar-refractivity contribution in [1.29, 1.82) is 0 Å². The Morgan fingerprint density at radius 3 is 2.06 bits per heavy atom. The fourth-order valence-corrected chi connectivity index (χ4v) is 5.99. The van der Waals surface area contributed by atoms with E-state index < -0.39 is 0 Å². The molecule has 1 amide bonds. The van der Waals surface area contributed by atoms with Crippen molar-refractivity contribution in [2.45, 2.75) is 71.8 Å². The zero-order valence-corrected chi connectivity index (χ0v) is 12.3. The molecule has 0 spiro atoms. The molecule has 0 aromatic rings. The Labute approximate surface area is 111 Å². The first-order chi connectivity index (χ1) is 8.23. The summed E-state index contributed by atoms with van der Waals surface area (Å²) in [6, 6.07) is 0.